The first-order valence-electron chi connectivity index (χ1n) is 8.30. The molecule has 0 aliphatic rings. The van der Waals surface area contributed by atoms with Crippen molar-refractivity contribution >= 4 is 27.3 Å². The monoisotopic (exact) mass is 349 g/mol. The fraction of sp³-hybridized carbons (Fsp3) is 0.250. The van der Waals surface area contributed by atoms with Crippen molar-refractivity contribution in [2.45, 2.75) is 25.3 Å². The van der Waals surface area contributed by atoms with Gasteiger partial charge in [-0.1, -0.05) is 42.5 Å². The van der Waals surface area contributed by atoms with Crippen LogP contribution in [0.3, 0.4) is 0 Å². The zero-order chi connectivity index (χ0) is 17.5. The number of nitrogens with zero attached hydrogens (tertiary/aromatic N) is 2. The molecule has 0 aliphatic heterocycles. The van der Waals surface area contributed by atoms with Crippen LogP contribution in [0.2, 0.25) is 0 Å². The summed E-state index contributed by atoms with van der Waals surface area (Å²) in [5, 5.41) is 13.3. The Kier molecular flexibility index (Phi) is 5.89. The molecule has 1 N–H and O–H groups in total. The maximum atomic E-state index is 12.4. The van der Waals surface area contributed by atoms with Crippen molar-refractivity contribution in [3.63, 3.8) is 0 Å². The van der Waals surface area contributed by atoms with Gasteiger partial charge in [0.15, 0.2) is 11.7 Å². The molecule has 126 valence electrons. The van der Waals surface area contributed by atoms with Gasteiger partial charge in [-0.3, -0.25) is 4.79 Å². The summed E-state index contributed by atoms with van der Waals surface area (Å²) in [6.07, 6.45) is 1.10. The Morgan fingerprint density at radius 3 is 2.68 bits per heavy atom. The average Bonchev–Trinajstić information content (AvgIpc) is 3.06. The highest BCUT2D eigenvalue weighted by Gasteiger charge is 2.23. The van der Waals surface area contributed by atoms with Crippen LogP contribution in [0.5, 0.6) is 0 Å². The topological polar surface area (TPSA) is 65.8 Å². The number of rotatable bonds is 8. The molecule has 0 amide bonds. The van der Waals surface area contributed by atoms with Crippen LogP contribution in [0.15, 0.2) is 54.6 Å². The van der Waals surface area contributed by atoms with Crippen molar-refractivity contribution in [2.75, 3.05) is 6.54 Å². The number of benzene rings is 2. The Bertz CT molecular complexity index is 850. The second-order valence-electron chi connectivity index (χ2n) is 5.81. The summed E-state index contributed by atoms with van der Waals surface area (Å²) >= 11 is 1.43. The number of hydrogen-bond donors (Lipinski definition) is 1. The van der Waals surface area contributed by atoms with E-state index in [-0.39, 0.29) is 5.78 Å². The largest absolute Gasteiger partial charge is 0.313 e. The predicted octanol–water partition coefficient (Wildman–Crippen LogP) is 4.04. The van der Waals surface area contributed by atoms with Gasteiger partial charge in [0.25, 0.3) is 0 Å². The lowest BCUT2D eigenvalue weighted by atomic mass is 10.0. The summed E-state index contributed by atoms with van der Waals surface area (Å²) in [7, 11) is 0. The molecule has 0 radical (unpaired) electrons. The third kappa shape index (κ3) is 4.50. The summed E-state index contributed by atoms with van der Waals surface area (Å²) in [6.45, 7) is 1.53. The molecule has 4 nitrogen and oxygen atoms in total. The molecule has 25 heavy (non-hydrogen) atoms. The zero-order valence-corrected chi connectivity index (χ0v) is 14.6. The molecule has 2 aromatic carbocycles. The van der Waals surface area contributed by atoms with Crippen molar-refractivity contribution in [1.29, 1.82) is 5.26 Å². The quantitative estimate of drug-likeness (QED) is 0.623. The highest BCUT2D eigenvalue weighted by molar-refractivity contribution is 7.18. The first-order chi connectivity index (χ1) is 12.3. The number of para-hydroxylation sites is 1. The molecule has 1 atom stereocenters. The molecule has 0 saturated heterocycles. The van der Waals surface area contributed by atoms with Crippen LogP contribution in [0, 0.1) is 11.3 Å². The minimum Gasteiger partial charge on any atom is -0.313 e. The molecular weight excluding hydrogens is 330 g/mol. The van der Waals surface area contributed by atoms with Crippen molar-refractivity contribution in [1.82, 2.24) is 10.3 Å². The lowest BCUT2D eigenvalue weighted by molar-refractivity contribution is -0.119. The number of ketones is 1. The molecule has 1 unspecified atom stereocenters. The van der Waals surface area contributed by atoms with Gasteiger partial charge in [0.1, 0.15) is 5.01 Å². The third-order valence-electron chi connectivity index (χ3n) is 3.96. The van der Waals surface area contributed by atoms with E-state index < -0.39 is 5.92 Å². The van der Waals surface area contributed by atoms with E-state index in [1.807, 2.05) is 42.5 Å². The number of thiazole rings is 1. The molecule has 5 heteroatoms. The van der Waals surface area contributed by atoms with E-state index in [0.717, 1.165) is 29.7 Å². The molecule has 0 fully saturated rings. The number of carbonyl (C=O) groups is 1. The molecule has 0 spiro atoms. The highest BCUT2D eigenvalue weighted by Crippen LogP contribution is 2.28. The fourth-order valence-electron chi connectivity index (χ4n) is 2.64. The average molecular weight is 349 g/mol. The van der Waals surface area contributed by atoms with Gasteiger partial charge >= 0.3 is 0 Å². The summed E-state index contributed by atoms with van der Waals surface area (Å²) in [5.74, 6) is -0.811. The molecule has 3 aromatic rings. The van der Waals surface area contributed by atoms with E-state index >= 15 is 0 Å². The first-order valence-corrected chi connectivity index (χ1v) is 9.12. The van der Waals surface area contributed by atoms with Crippen LogP contribution >= 0.6 is 11.3 Å². The Morgan fingerprint density at radius 2 is 1.92 bits per heavy atom. The molecule has 1 heterocycles. The van der Waals surface area contributed by atoms with Gasteiger partial charge in [0, 0.05) is 13.0 Å². The zero-order valence-electron chi connectivity index (χ0n) is 13.8. The van der Waals surface area contributed by atoms with Gasteiger partial charge in [-0.25, -0.2) is 4.98 Å². The van der Waals surface area contributed by atoms with Gasteiger partial charge in [0.2, 0.25) is 0 Å². The van der Waals surface area contributed by atoms with Crippen LogP contribution in [0.1, 0.15) is 29.3 Å². The van der Waals surface area contributed by atoms with Crippen LogP contribution < -0.4 is 5.32 Å². The smallest absolute Gasteiger partial charge is 0.157 e. The van der Waals surface area contributed by atoms with E-state index in [1.54, 1.807) is 0 Å². The van der Waals surface area contributed by atoms with Crippen molar-refractivity contribution in [3.05, 3.63) is 65.2 Å². The van der Waals surface area contributed by atoms with Crippen LogP contribution in [0.4, 0.5) is 0 Å². The van der Waals surface area contributed by atoms with Gasteiger partial charge < -0.3 is 5.32 Å². The minimum absolute atomic E-state index is 0.0527. The van der Waals surface area contributed by atoms with Gasteiger partial charge in [-0.15, -0.1) is 11.3 Å². The molecule has 0 aliphatic carbocycles. The maximum Gasteiger partial charge on any atom is 0.157 e. The lowest BCUT2D eigenvalue weighted by Gasteiger charge is -2.06. The number of hydrogen-bond acceptors (Lipinski definition) is 5. The normalized spacial score (nSPS) is 12.0. The van der Waals surface area contributed by atoms with Crippen LogP contribution in [-0.4, -0.2) is 17.3 Å². The van der Waals surface area contributed by atoms with E-state index in [0.29, 0.717) is 11.4 Å². The lowest BCUT2D eigenvalue weighted by Crippen LogP contribution is -2.17. The molecule has 3 rings (SSSR count). The Labute approximate surface area is 151 Å². The van der Waals surface area contributed by atoms with E-state index in [4.69, 9.17) is 0 Å². The third-order valence-corrected chi connectivity index (χ3v) is 5.06. The second-order valence-corrected chi connectivity index (χ2v) is 6.88. The van der Waals surface area contributed by atoms with E-state index in [1.165, 1.54) is 16.9 Å². The van der Waals surface area contributed by atoms with Crippen molar-refractivity contribution in [2.24, 2.45) is 0 Å². The van der Waals surface area contributed by atoms with Gasteiger partial charge in [-0.05, 0) is 30.7 Å². The molecule has 0 saturated carbocycles. The molecular formula is C20H19N3OS. The number of nitrogens with one attached hydrogen (secondary N) is 1. The number of aromatic nitrogens is 1. The summed E-state index contributed by atoms with van der Waals surface area (Å²) in [5.41, 5.74) is 2.07. The fourth-order valence-corrected chi connectivity index (χ4v) is 3.68. The maximum absolute atomic E-state index is 12.4. The summed E-state index contributed by atoms with van der Waals surface area (Å²) < 4.78 is 1.01. The van der Waals surface area contributed by atoms with Gasteiger partial charge in [0.05, 0.1) is 16.3 Å². The predicted molar refractivity (Wildman–Crippen MR) is 100 cm³/mol. The highest BCUT2D eigenvalue weighted by atomic mass is 32.1. The number of Topliss-reactive ketones (excluding diaryl/α,β-unsaturated/α-hetero) is 1. The van der Waals surface area contributed by atoms with E-state index in [9.17, 15) is 10.1 Å². The molecule has 1 aromatic heterocycles. The van der Waals surface area contributed by atoms with Crippen LogP contribution in [0.25, 0.3) is 10.2 Å². The SMILES string of the molecule is N#CC(C(=O)CCCNCc1ccccc1)c1nc2ccccc2s1. The Hall–Kier alpha value is -2.55. The second kappa shape index (κ2) is 8.52. The standard InChI is InChI=1S/C20H19N3OS/c21-13-16(20-23-17-9-4-5-11-19(17)25-20)18(24)10-6-12-22-14-15-7-2-1-3-8-15/h1-5,7-9,11,16,22H,6,10,12,14H2. The Balaban J connectivity index is 1.50. The van der Waals surface area contributed by atoms with Gasteiger partial charge in [-0.2, -0.15) is 5.26 Å². The molecule has 0 bridgehead atoms. The number of nitriles is 1. The first kappa shape index (κ1) is 17.3. The summed E-state index contributed by atoms with van der Waals surface area (Å²) in [6, 6.07) is 20.0. The Morgan fingerprint density at radius 1 is 1.16 bits per heavy atom. The van der Waals surface area contributed by atoms with Crippen molar-refractivity contribution in [3.8, 4) is 6.07 Å². The number of carbonyl (C=O) groups excluding carboxylic acids is 1. The van der Waals surface area contributed by atoms with Crippen LogP contribution in [-0.2, 0) is 11.3 Å². The summed E-state index contributed by atoms with van der Waals surface area (Å²) in [4.78, 5) is 16.8. The van der Waals surface area contributed by atoms with E-state index in [2.05, 4.69) is 28.5 Å². The number of fused-ring (bicyclic) bond motifs is 1. The minimum atomic E-state index is -0.758. The van der Waals surface area contributed by atoms with Crippen molar-refractivity contribution < 1.29 is 4.79 Å².